The fourth-order valence-electron chi connectivity index (χ4n) is 2.37. The molecule has 2 nitrogen and oxygen atoms in total. The third-order valence-electron chi connectivity index (χ3n) is 3.34. The van der Waals surface area contributed by atoms with Crippen LogP contribution in [0.5, 0.6) is 0 Å². The Morgan fingerprint density at radius 1 is 1.05 bits per heavy atom. The van der Waals surface area contributed by atoms with Gasteiger partial charge in [-0.1, -0.05) is 37.3 Å². The van der Waals surface area contributed by atoms with Crippen LogP contribution in [-0.2, 0) is 6.42 Å². The van der Waals surface area contributed by atoms with E-state index in [1.165, 1.54) is 6.07 Å². The van der Waals surface area contributed by atoms with Crippen molar-refractivity contribution in [3.05, 3.63) is 70.3 Å². The monoisotopic (exact) mass is 268 g/mol. The molecule has 0 fully saturated rings. The zero-order chi connectivity index (χ0) is 14.1. The molecule has 0 amide bonds. The molecule has 3 heteroatoms. The highest BCUT2D eigenvalue weighted by molar-refractivity contribution is 5.82. The molecular formula is C17H13FO2. The minimum absolute atomic E-state index is 0.186. The second-order valence-electron chi connectivity index (χ2n) is 4.56. The highest BCUT2D eigenvalue weighted by Crippen LogP contribution is 2.26. The largest absolute Gasteiger partial charge is 0.460 e. The topological polar surface area (TPSA) is 30.2 Å². The summed E-state index contributed by atoms with van der Waals surface area (Å²) in [7, 11) is 0. The van der Waals surface area contributed by atoms with Gasteiger partial charge in [0.25, 0.3) is 0 Å². The van der Waals surface area contributed by atoms with Gasteiger partial charge in [-0.25, -0.2) is 4.39 Å². The second kappa shape index (κ2) is 4.93. The number of hydrogen-bond acceptors (Lipinski definition) is 2. The average molecular weight is 268 g/mol. The summed E-state index contributed by atoms with van der Waals surface area (Å²) in [6.07, 6.45) is 0.531. The number of aryl methyl sites for hydroxylation is 1. The molecule has 1 heterocycles. The first-order valence-electron chi connectivity index (χ1n) is 6.52. The van der Waals surface area contributed by atoms with Gasteiger partial charge in [0.1, 0.15) is 17.2 Å². The highest BCUT2D eigenvalue weighted by Gasteiger charge is 2.17. The smallest absolute Gasteiger partial charge is 0.200 e. The minimum Gasteiger partial charge on any atom is -0.460 e. The third-order valence-corrected chi connectivity index (χ3v) is 3.34. The Labute approximate surface area is 115 Å². The Morgan fingerprint density at radius 2 is 1.75 bits per heavy atom. The van der Waals surface area contributed by atoms with Crippen molar-refractivity contribution in [2.24, 2.45) is 0 Å². The highest BCUT2D eigenvalue weighted by atomic mass is 19.1. The van der Waals surface area contributed by atoms with Crippen molar-refractivity contribution >= 4 is 11.0 Å². The van der Waals surface area contributed by atoms with Crippen LogP contribution in [0.25, 0.3) is 22.1 Å². The average Bonchev–Trinajstić information content (AvgIpc) is 2.48. The summed E-state index contributed by atoms with van der Waals surface area (Å²) in [5, 5.41) is 0.475. The zero-order valence-electron chi connectivity index (χ0n) is 11.0. The van der Waals surface area contributed by atoms with Gasteiger partial charge in [0.2, 0.25) is 5.43 Å². The predicted molar refractivity (Wildman–Crippen MR) is 77.3 cm³/mol. The number of benzene rings is 2. The molecule has 0 aliphatic heterocycles. The number of hydrogen-bond donors (Lipinski definition) is 0. The van der Waals surface area contributed by atoms with Crippen molar-refractivity contribution in [3.63, 3.8) is 0 Å². The molecule has 0 unspecified atom stereocenters. The van der Waals surface area contributed by atoms with Gasteiger partial charge in [-0.15, -0.1) is 0 Å². The van der Waals surface area contributed by atoms with Crippen LogP contribution in [0.3, 0.4) is 0 Å². The molecule has 3 rings (SSSR count). The fraction of sp³-hybridized carbons (Fsp3) is 0.118. The third kappa shape index (κ3) is 1.92. The number of para-hydroxylation sites is 1. The number of fused-ring (bicyclic) bond motifs is 1. The molecule has 0 atom stereocenters. The normalized spacial score (nSPS) is 10.9. The van der Waals surface area contributed by atoms with Gasteiger partial charge in [0, 0.05) is 12.0 Å². The second-order valence-corrected chi connectivity index (χ2v) is 4.56. The van der Waals surface area contributed by atoms with Crippen molar-refractivity contribution in [1.29, 1.82) is 0 Å². The van der Waals surface area contributed by atoms with Gasteiger partial charge >= 0.3 is 0 Å². The molecule has 0 N–H and O–H groups in total. The van der Waals surface area contributed by atoms with E-state index in [9.17, 15) is 9.18 Å². The molecule has 0 aliphatic carbocycles. The van der Waals surface area contributed by atoms with E-state index < -0.39 is 5.82 Å². The van der Waals surface area contributed by atoms with Crippen molar-refractivity contribution in [2.45, 2.75) is 13.3 Å². The van der Waals surface area contributed by atoms with Gasteiger partial charge < -0.3 is 4.42 Å². The summed E-state index contributed by atoms with van der Waals surface area (Å²) < 4.78 is 19.8. The molecule has 0 radical (unpaired) electrons. The van der Waals surface area contributed by atoms with Crippen molar-refractivity contribution in [3.8, 4) is 11.1 Å². The Morgan fingerprint density at radius 3 is 2.50 bits per heavy atom. The van der Waals surface area contributed by atoms with E-state index >= 15 is 0 Å². The van der Waals surface area contributed by atoms with Crippen molar-refractivity contribution in [2.75, 3.05) is 0 Å². The number of rotatable bonds is 2. The summed E-state index contributed by atoms with van der Waals surface area (Å²) in [6.45, 7) is 1.89. The van der Waals surface area contributed by atoms with Crippen LogP contribution >= 0.6 is 0 Å². The molecule has 0 spiro atoms. The molecule has 0 bridgehead atoms. The van der Waals surface area contributed by atoms with Crippen LogP contribution in [0.2, 0.25) is 0 Å². The summed E-state index contributed by atoms with van der Waals surface area (Å²) in [5.41, 5.74) is 0.969. The van der Waals surface area contributed by atoms with Crippen LogP contribution in [0.4, 0.5) is 4.39 Å². The van der Waals surface area contributed by atoms with E-state index in [-0.39, 0.29) is 5.43 Å². The van der Waals surface area contributed by atoms with Crippen LogP contribution in [0, 0.1) is 5.82 Å². The minimum atomic E-state index is -0.412. The molecule has 20 heavy (non-hydrogen) atoms. The molecular weight excluding hydrogens is 255 g/mol. The maximum absolute atomic E-state index is 14.0. The first-order chi connectivity index (χ1) is 9.72. The Kier molecular flexibility index (Phi) is 3.11. The standard InChI is InChI=1S/C17H13FO2/c1-2-14-16(11-7-3-5-9-13(11)18)17(19)12-8-4-6-10-15(12)20-14/h3-10H,2H2,1H3. The van der Waals surface area contributed by atoms with E-state index in [0.29, 0.717) is 34.3 Å². The van der Waals surface area contributed by atoms with Gasteiger partial charge in [-0.2, -0.15) is 0 Å². The first kappa shape index (κ1) is 12.6. The van der Waals surface area contributed by atoms with E-state index in [1.54, 1.807) is 36.4 Å². The molecule has 0 saturated carbocycles. The molecule has 1 aromatic heterocycles. The van der Waals surface area contributed by atoms with Crippen LogP contribution in [0.15, 0.2) is 57.7 Å². The van der Waals surface area contributed by atoms with Crippen LogP contribution < -0.4 is 5.43 Å². The van der Waals surface area contributed by atoms with Crippen LogP contribution in [0.1, 0.15) is 12.7 Å². The van der Waals surface area contributed by atoms with Gasteiger partial charge in [0.15, 0.2) is 0 Å². The molecule has 0 saturated heterocycles. The van der Waals surface area contributed by atoms with E-state index in [1.807, 2.05) is 13.0 Å². The molecule has 3 aromatic rings. The van der Waals surface area contributed by atoms with E-state index in [2.05, 4.69) is 0 Å². The lowest BCUT2D eigenvalue weighted by Crippen LogP contribution is -2.09. The van der Waals surface area contributed by atoms with E-state index in [4.69, 9.17) is 4.42 Å². The Bertz CT molecular complexity index is 834. The lowest BCUT2D eigenvalue weighted by molar-refractivity contribution is 0.544. The molecule has 2 aromatic carbocycles. The maximum atomic E-state index is 14.0. The van der Waals surface area contributed by atoms with Gasteiger partial charge in [-0.3, -0.25) is 4.79 Å². The predicted octanol–water partition coefficient (Wildman–Crippen LogP) is 4.16. The molecule has 100 valence electrons. The number of halogens is 1. The molecule has 0 aliphatic rings. The fourth-order valence-corrected chi connectivity index (χ4v) is 2.37. The van der Waals surface area contributed by atoms with Crippen molar-refractivity contribution < 1.29 is 8.81 Å². The summed E-state index contributed by atoms with van der Waals surface area (Å²) in [5.74, 6) is 0.101. The Balaban J connectivity index is 2.43. The zero-order valence-corrected chi connectivity index (χ0v) is 11.0. The van der Waals surface area contributed by atoms with Crippen LogP contribution in [-0.4, -0.2) is 0 Å². The summed E-state index contributed by atoms with van der Waals surface area (Å²) in [4.78, 5) is 12.6. The first-order valence-corrected chi connectivity index (χ1v) is 6.52. The summed E-state index contributed by atoms with van der Waals surface area (Å²) >= 11 is 0. The quantitative estimate of drug-likeness (QED) is 0.698. The lowest BCUT2D eigenvalue weighted by Gasteiger charge is -2.09. The van der Waals surface area contributed by atoms with Gasteiger partial charge in [-0.05, 0) is 18.2 Å². The SMILES string of the molecule is CCc1oc2ccccc2c(=O)c1-c1ccccc1F. The maximum Gasteiger partial charge on any atom is 0.200 e. The van der Waals surface area contributed by atoms with E-state index in [0.717, 1.165) is 0 Å². The van der Waals surface area contributed by atoms with Gasteiger partial charge in [0.05, 0.1) is 10.9 Å². The summed E-state index contributed by atoms with van der Waals surface area (Å²) in [6, 6.07) is 13.3. The van der Waals surface area contributed by atoms with Crippen molar-refractivity contribution in [1.82, 2.24) is 0 Å². The Hall–Kier alpha value is -2.42. The lowest BCUT2D eigenvalue weighted by atomic mass is 10.0.